The van der Waals surface area contributed by atoms with Crippen LogP contribution in [0.2, 0.25) is 0 Å². The Morgan fingerprint density at radius 1 is 0.880 bits per heavy atom. The SMILES string of the molecule is [2H]C(=O)CO[C@@H]([C@H](OCC([2H])=O)[C@@H](CO)OCC([2H])=O)[C@H](OCC([2H])=O)C(=O)Br. The number of aliphatic hydroxyl groups is 1. The first-order chi connectivity index (χ1) is 13.5. The zero-order valence-corrected chi connectivity index (χ0v) is 14.4. The Morgan fingerprint density at radius 2 is 1.32 bits per heavy atom. The lowest BCUT2D eigenvalue weighted by atomic mass is 10.0. The van der Waals surface area contributed by atoms with E-state index in [4.69, 9.17) is 24.4 Å². The second-order valence-corrected chi connectivity index (χ2v) is 4.98. The number of hydrogen-bond donors (Lipinski definition) is 1. The van der Waals surface area contributed by atoms with Gasteiger partial charge in [-0.2, -0.15) is 0 Å². The van der Waals surface area contributed by atoms with E-state index in [9.17, 15) is 29.1 Å². The molecule has 0 aliphatic carbocycles. The van der Waals surface area contributed by atoms with Gasteiger partial charge in [-0.3, -0.25) is 4.79 Å². The first-order valence-corrected chi connectivity index (χ1v) is 7.53. The van der Waals surface area contributed by atoms with Crippen molar-refractivity contribution in [1.29, 1.82) is 0 Å². The summed E-state index contributed by atoms with van der Waals surface area (Å²) in [4.78, 5) is 55.6. The molecule has 0 unspecified atom stereocenters. The van der Waals surface area contributed by atoms with Gasteiger partial charge in [0.15, 0.2) is 6.10 Å². The maximum absolute atomic E-state index is 11.9. The lowest BCUT2D eigenvalue weighted by molar-refractivity contribution is -0.183. The van der Waals surface area contributed by atoms with Crippen LogP contribution in [0.15, 0.2) is 0 Å². The lowest BCUT2D eigenvalue weighted by Gasteiger charge is -2.34. The molecule has 0 radical (unpaired) electrons. The third kappa shape index (κ3) is 9.05. The van der Waals surface area contributed by atoms with Crippen LogP contribution in [0, 0.1) is 0 Å². The summed E-state index contributed by atoms with van der Waals surface area (Å²) < 4.78 is 46.9. The molecular weight excluding hydrogens is 408 g/mol. The second-order valence-electron chi connectivity index (χ2n) is 4.20. The molecule has 0 rings (SSSR count). The van der Waals surface area contributed by atoms with Gasteiger partial charge in [0, 0.05) is 0 Å². The number of hydrogen-bond acceptors (Lipinski definition) is 10. The Kier molecular flexibility index (Phi) is 10.2. The minimum absolute atomic E-state index is 0.816. The Bertz CT molecular complexity index is 605. The van der Waals surface area contributed by atoms with Crippen molar-refractivity contribution < 1.29 is 53.5 Å². The van der Waals surface area contributed by atoms with Crippen LogP contribution in [0.5, 0.6) is 0 Å². The summed E-state index contributed by atoms with van der Waals surface area (Å²) in [6.07, 6.45) is -11.4. The highest BCUT2D eigenvalue weighted by Crippen LogP contribution is 2.20. The smallest absolute Gasteiger partial charge is 0.229 e. The molecule has 4 atom stereocenters. The maximum Gasteiger partial charge on any atom is 0.229 e. The average Bonchev–Trinajstić information content (AvgIpc) is 2.59. The standard InChI is InChI=1S/C14H19BrO10/c15-14(21)13(25-8-4-19)12(24-7-3-18)11(23-6-2-17)10(9-20)22-5-1-16/h1-4,10-13,20H,5-9H2/t10-,11-,12+,13+/m1/s1/i1D,2D,3D,4D. The van der Waals surface area contributed by atoms with Gasteiger partial charge in [0.25, 0.3) is 0 Å². The molecule has 0 heterocycles. The van der Waals surface area contributed by atoms with Crippen LogP contribution >= 0.6 is 15.9 Å². The van der Waals surface area contributed by atoms with Gasteiger partial charge >= 0.3 is 0 Å². The molecule has 0 amide bonds. The molecule has 0 aromatic rings. The van der Waals surface area contributed by atoms with Crippen molar-refractivity contribution in [3.63, 3.8) is 0 Å². The van der Waals surface area contributed by atoms with Crippen LogP contribution in [-0.2, 0) is 42.9 Å². The summed E-state index contributed by atoms with van der Waals surface area (Å²) in [6.45, 7) is -4.35. The Morgan fingerprint density at radius 3 is 1.76 bits per heavy atom. The van der Waals surface area contributed by atoms with Gasteiger partial charge < -0.3 is 43.2 Å². The van der Waals surface area contributed by atoms with Crippen molar-refractivity contribution in [2.75, 3.05) is 33.0 Å². The van der Waals surface area contributed by atoms with E-state index >= 15 is 0 Å². The van der Waals surface area contributed by atoms with E-state index in [1.165, 1.54) is 0 Å². The minimum atomic E-state index is -1.74. The zero-order valence-electron chi connectivity index (χ0n) is 16.8. The van der Waals surface area contributed by atoms with Crippen LogP contribution in [0.25, 0.3) is 0 Å². The summed E-state index contributed by atoms with van der Waals surface area (Å²) in [6, 6.07) is 0. The normalized spacial score (nSPS) is 17.8. The molecule has 0 aromatic heterocycles. The zero-order chi connectivity index (χ0) is 22.6. The molecule has 0 aromatic carbocycles. The topological polar surface area (TPSA) is 142 Å². The van der Waals surface area contributed by atoms with Gasteiger partial charge in [0.1, 0.15) is 75.3 Å². The first-order valence-electron chi connectivity index (χ1n) is 8.73. The average molecular weight is 431 g/mol. The van der Waals surface area contributed by atoms with Crippen molar-refractivity contribution in [3.8, 4) is 0 Å². The number of carbonyl (C=O) groups is 5. The van der Waals surface area contributed by atoms with E-state index in [1.807, 2.05) is 0 Å². The number of carbonyl (C=O) groups excluding carboxylic acids is 5. The van der Waals surface area contributed by atoms with Crippen molar-refractivity contribution in [2.45, 2.75) is 24.4 Å². The highest BCUT2D eigenvalue weighted by atomic mass is 79.9. The molecule has 0 aliphatic rings. The predicted molar refractivity (Wildman–Crippen MR) is 84.2 cm³/mol. The number of ether oxygens (including phenoxy) is 4. The summed E-state index contributed by atoms with van der Waals surface area (Å²) in [5.41, 5.74) is 0. The van der Waals surface area contributed by atoms with E-state index < -0.39 is 87.2 Å². The molecule has 10 nitrogen and oxygen atoms in total. The van der Waals surface area contributed by atoms with Crippen LogP contribution in [0.3, 0.4) is 0 Å². The predicted octanol–water partition coefficient (Wildman–Crippen LogP) is -1.76. The third-order valence-electron chi connectivity index (χ3n) is 2.74. The van der Waals surface area contributed by atoms with E-state index in [0.29, 0.717) is 0 Å². The van der Waals surface area contributed by atoms with Crippen LogP contribution in [0.4, 0.5) is 0 Å². The molecule has 0 saturated heterocycles. The summed E-state index contributed by atoms with van der Waals surface area (Å²) in [5.74, 6) is 0. The number of aldehydes is 4. The first kappa shape index (κ1) is 17.1. The molecular formula is C14H19BrO10. The fourth-order valence-electron chi connectivity index (χ4n) is 1.83. The molecule has 1 N–H and O–H groups in total. The number of halogens is 1. The lowest BCUT2D eigenvalue weighted by Crippen LogP contribution is -2.53. The minimum Gasteiger partial charge on any atom is -0.394 e. The van der Waals surface area contributed by atoms with Gasteiger partial charge in [-0.15, -0.1) is 0 Å². The van der Waals surface area contributed by atoms with Crippen molar-refractivity contribution in [1.82, 2.24) is 0 Å². The van der Waals surface area contributed by atoms with Crippen LogP contribution in [-0.4, -0.2) is 92.3 Å². The van der Waals surface area contributed by atoms with Gasteiger partial charge in [-0.25, -0.2) is 0 Å². The largest absolute Gasteiger partial charge is 0.394 e. The van der Waals surface area contributed by atoms with Gasteiger partial charge in [0.2, 0.25) is 4.69 Å². The van der Waals surface area contributed by atoms with E-state index in [0.717, 1.165) is 0 Å². The van der Waals surface area contributed by atoms with Crippen molar-refractivity contribution in [2.24, 2.45) is 0 Å². The van der Waals surface area contributed by atoms with E-state index in [1.54, 1.807) is 0 Å². The van der Waals surface area contributed by atoms with E-state index in [-0.39, 0.29) is 0 Å². The molecule has 11 heteroatoms. The maximum atomic E-state index is 11.9. The molecule has 0 fully saturated rings. The highest BCUT2D eigenvalue weighted by molar-refractivity contribution is 9.18. The number of aliphatic hydroxyl groups excluding tert-OH is 1. The summed E-state index contributed by atoms with van der Waals surface area (Å²) in [5, 5.41) is 9.55. The molecule has 25 heavy (non-hydrogen) atoms. The Hall–Kier alpha value is -1.37. The highest BCUT2D eigenvalue weighted by Gasteiger charge is 2.40. The number of rotatable bonds is 17. The third-order valence-corrected chi connectivity index (χ3v) is 3.19. The van der Waals surface area contributed by atoms with Crippen molar-refractivity contribution in [3.05, 3.63) is 0 Å². The van der Waals surface area contributed by atoms with Gasteiger partial charge in [-0.05, 0) is 15.9 Å². The fraction of sp³-hybridized carbons (Fsp3) is 0.643. The Balaban J connectivity index is 5.92. The summed E-state index contributed by atoms with van der Waals surface area (Å²) in [7, 11) is 0. The van der Waals surface area contributed by atoms with Crippen LogP contribution < -0.4 is 0 Å². The Labute approximate surface area is 157 Å². The molecule has 0 aliphatic heterocycles. The molecule has 0 saturated carbocycles. The molecule has 142 valence electrons. The quantitative estimate of drug-likeness (QED) is 0.208. The molecule has 0 bridgehead atoms. The monoisotopic (exact) mass is 430 g/mol. The summed E-state index contributed by atoms with van der Waals surface area (Å²) >= 11 is 2.59. The molecule has 0 spiro atoms. The van der Waals surface area contributed by atoms with Crippen molar-refractivity contribution >= 4 is 45.7 Å². The van der Waals surface area contributed by atoms with Gasteiger partial charge in [-0.1, -0.05) is 0 Å². The second kappa shape index (κ2) is 14.9. The fourth-order valence-corrected chi connectivity index (χ4v) is 2.23. The van der Waals surface area contributed by atoms with Gasteiger partial charge in [0.05, 0.1) is 6.61 Å². The van der Waals surface area contributed by atoms with E-state index in [2.05, 4.69) is 15.9 Å². The van der Waals surface area contributed by atoms with Crippen LogP contribution in [0.1, 0.15) is 5.48 Å².